The van der Waals surface area contributed by atoms with Gasteiger partial charge in [0, 0.05) is 11.1 Å². The third kappa shape index (κ3) is 2.15. The van der Waals surface area contributed by atoms with E-state index < -0.39 is 11.5 Å². The number of Topliss-reactive ketones (excluding diaryl/α,β-unsaturated/α-hetero) is 1. The molecule has 0 saturated heterocycles. The zero-order valence-electron chi connectivity index (χ0n) is 10.7. The summed E-state index contributed by atoms with van der Waals surface area (Å²) in [7, 11) is 0. The van der Waals surface area contributed by atoms with Crippen LogP contribution in [-0.2, 0) is 9.59 Å². The second-order valence-corrected chi connectivity index (χ2v) is 4.39. The lowest BCUT2D eigenvalue weighted by atomic mass is 9.87. The van der Waals surface area contributed by atoms with Crippen LogP contribution in [0.2, 0.25) is 0 Å². The first kappa shape index (κ1) is 13.6. The Morgan fingerprint density at radius 3 is 2.41 bits per heavy atom. The Morgan fingerprint density at radius 1 is 1.35 bits per heavy atom. The van der Waals surface area contributed by atoms with Crippen LogP contribution in [0.3, 0.4) is 0 Å². The minimum atomic E-state index is -1.39. The van der Waals surface area contributed by atoms with Crippen LogP contribution in [0.4, 0.5) is 0 Å². The SMILES string of the molecule is C/C=C/C(=O)C1=C(/C=C/C)C(=O)[C@@H](C)[C@@]1(C)O. The van der Waals surface area contributed by atoms with Crippen molar-refractivity contribution in [1.29, 1.82) is 0 Å². The summed E-state index contributed by atoms with van der Waals surface area (Å²) in [5.41, 5.74) is -0.859. The Bertz CT molecular complexity index is 436. The van der Waals surface area contributed by atoms with Crippen molar-refractivity contribution in [3.63, 3.8) is 0 Å². The summed E-state index contributed by atoms with van der Waals surface area (Å²) in [6.45, 7) is 6.66. The number of hydrogen-bond donors (Lipinski definition) is 1. The maximum Gasteiger partial charge on any atom is 0.185 e. The average molecular weight is 234 g/mol. The van der Waals surface area contributed by atoms with Crippen LogP contribution in [0.5, 0.6) is 0 Å². The predicted octanol–water partition coefficient (Wildman–Crippen LogP) is 1.97. The maximum atomic E-state index is 12.0. The number of allylic oxidation sites excluding steroid dienone is 5. The van der Waals surface area contributed by atoms with Crippen molar-refractivity contribution in [3.05, 3.63) is 35.5 Å². The molecule has 1 rings (SSSR count). The lowest BCUT2D eigenvalue weighted by Crippen LogP contribution is -2.35. The van der Waals surface area contributed by atoms with Crippen molar-refractivity contribution in [1.82, 2.24) is 0 Å². The fourth-order valence-corrected chi connectivity index (χ4v) is 2.05. The summed E-state index contributed by atoms with van der Waals surface area (Å²) < 4.78 is 0. The van der Waals surface area contributed by atoms with Gasteiger partial charge in [-0.15, -0.1) is 0 Å². The van der Waals surface area contributed by atoms with E-state index in [1.54, 1.807) is 39.0 Å². The molecule has 0 heterocycles. The van der Waals surface area contributed by atoms with Gasteiger partial charge in [0.05, 0.1) is 5.92 Å². The van der Waals surface area contributed by atoms with Crippen molar-refractivity contribution in [2.45, 2.75) is 33.3 Å². The number of rotatable bonds is 3. The molecular weight excluding hydrogens is 216 g/mol. The van der Waals surface area contributed by atoms with E-state index in [1.807, 2.05) is 0 Å². The normalized spacial score (nSPS) is 29.9. The van der Waals surface area contributed by atoms with Crippen molar-refractivity contribution >= 4 is 11.6 Å². The molecule has 17 heavy (non-hydrogen) atoms. The number of carbonyl (C=O) groups is 2. The van der Waals surface area contributed by atoms with E-state index in [-0.39, 0.29) is 17.1 Å². The number of ketones is 2. The van der Waals surface area contributed by atoms with Gasteiger partial charge in [0.2, 0.25) is 0 Å². The van der Waals surface area contributed by atoms with Gasteiger partial charge >= 0.3 is 0 Å². The molecule has 1 N–H and O–H groups in total. The van der Waals surface area contributed by atoms with E-state index in [0.29, 0.717) is 5.57 Å². The van der Waals surface area contributed by atoms with Crippen LogP contribution in [0.15, 0.2) is 35.5 Å². The molecule has 92 valence electrons. The van der Waals surface area contributed by atoms with Crippen LogP contribution in [0.1, 0.15) is 27.7 Å². The van der Waals surface area contributed by atoms with Crippen LogP contribution in [-0.4, -0.2) is 22.3 Å². The number of hydrogen-bond acceptors (Lipinski definition) is 3. The molecule has 0 spiro atoms. The van der Waals surface area contributed by atoms with E-state index in [4.69, 9.17) is 0 Å². The third-order valence-corrected chi connectivity index (χ3v) is 3.18. The molecule has 0 aromatic heterocycles. The van der Waals surface area contributed by atoms with Gasteiger partial charge in [-0.25, -0.2) is 0 Å². The Kier molecular flexibility index (Phi) is 3.83. The first-order valence-corrected chi connectivity index (χ1v) is 5.69. The molecule has 0 aromatic carbocycles. The summed E-state index contributed by atoms with van der Waals surface area (Å²) in [4.78, 5) is 23.9. The molecule has 0 aromatic rings. The summed E-state index contributed by atoms with van der Waals surface area (Å²) in [6, 6.07) is 0. The third-order valence-electron chi connectivity index (χ3n) is 3.18. The minimum Gasteiger partial charge on any atom is -0.385 e. The second-order valence-electron chi connectivity index (χ2n) is 4.39. The standard InChI is InChI=1S/C14H18O3/c1-5-7-10-12(11(15)8-6-2)14(4,17)9(3)13(10)16/h5-9,17H,1-4H3/b7-5+,8-6+/t9-,14-/m1/s1. The van der Waals surface area contributed by atoms with Crippen molar-refractivity contribution < 1.29 is 14.7 Å². The van der Waals surface area contributed by atoms with Gasteiger partial charge in [-0.3, -0.25) is 9.59 Å². The Morgan fingerprint density at radius 2 is 1.94 bits per heavy atom. The summed E-state index contributed by atoms with van der Waals surface area (Å²) >= 11 is 0. The van der Waals surface area contributed by atoms with Gasteiger partial charge in [-0.1, -0.05) is 25.2 Å². The first-order chi connectivity index (χ1) is 7.87. The molecule has 0 radical (unpaired) electrons. The highest BCUT2D eigenvalue weighted by atomic mass is 16.3. The van der Waals surface area contributed by atoms with Gasteiger partial charge in [0.1, 0.15) is 5.60 Å². The molecule has 3 nitrogen and oxygen atoms in total. The summed E-state index contributed by atoms with van der Waals surface area (Å²) in [6.07, 6.45) is 6.27. The van der Waals surface area contributed by atoms with Gasteiger partial charge in [-0.2, -0.15) is 0 Å². The zero-order chi connectivity index (χ0) is 13.2. The molecule has 3 heteroatoms. The molecule has 0 aliphatic heterocycles. The Labute approximate surface area is 102 Å². The van der Waals surface area contributed by atoms with Crippen LogP contribution < -0.4 is 0 Å². The van der Waals surface area contributed by atoms with Gasteiger partial charge < -0.3 is 5.11 Å². The van der Waals surface area contributed by atoms with Crippen molar-refractivity contribution in [3.8, 4) is 0 Å². The molecule has 0 saturated carbocycles. The van der Waals surface area contributed by atoms with Crippen molar-refractivity contribution in [2.75, 3.05) is 0 Å². The van der Waals surface area contributed by atoms with Gasteiger partial charge in [0.15, 0.2) is 11.6 Å². The first-order valence-electron chi connectivity index (χ1n) is 5.69. The average Bonchev–Trinajstić information content (AvgIpc) is 2.41. The quantitative estimate of drug-likeness (QED) is 0.760. The monoisotopic (exact) mass is 234 g/mol. The molecule has 0 fully saturated rings. The van der Waals surface area contributed by atoms with E-state index in [1.165, 1.54) is 13.0 Å². The minimum absolute atomic E-state index is 0.180. The predicted molar refractivity (Wildman–Crippen MR) is 66.5 cm³/mol. The Balaban J connectivity index is 3.42. The fourth-order valence-electron chi connectivity index (χ4n) is 2.05. The molecule has 2 atom stereocenters. The fraction of sp³-hybridized carbons (Fsp3) is 0.429. The molecular formula is C14H18O3. The van der Waals surface area contributed by atoms with Crippen LogP contribution >= 0.6 is 0 Å². The van der Waals surface area contributed by atoms with E-state index in [2.05, 4.69) is 0 Å². The maximum absolute atomic E-state index is 12.0. The smallest absolute Gasteiger partial charge is 0.185 e. The highest BCUT2D eigenvalue weighted by Crippen LogP contribution is 2.38. The summed E-state index contributed by atoms with van der Waals surface area (Å²) in [5, 5.41) is 10.3. The van der Waals surface area contributed by atoms with Gasteiger partial charge in [0.25, 0.3) is 0 Å². The van der Waals surface area contributed by atoms with Crippen LogP contribution in [0.25, 0.3) is 0 Å². The van der Waals surface area contributed by atoms with Crippen molar-refractivity contribution in [2.24, 2.45) is 5.92 Å². The second kappa shape index (κ2) is 4.80. The Hall–Kier alpha value is -1.48. The van der Waals surface area contributed by atoms with E-state index in [0.717, 1.165) is 0 Å². The van der Waals surface area contributed by atoms with Crippen LogP contribution in [0, 0.1) is 5.92 Å². The molecule has 0 unspecified atom stereocenters. The molecule has 0 bridgehead atoms. The lowest BCUT2D eigenvalue weighted by Gasteiger charge is -2.23. The molecule has 0 amide bonds. The lowest BCUT2D eigenvalue weighted by molar-refractivity contribution is -0.122. The number of aliphatic hydroxyl groups is 1. The van der Waals surface area contributed by atoms with Gasteiger partial charge in [-0.05, 0) is 26.8 Å². The number of carbonyl (C=O) groups excluding carboxylic acids is 2. The molecule has 1 aliphatic rings. The largest absolute Gasteiger partial charge is 0.385 e. The highest BCUT2D eigenvalue weighted by Gasteiger charge is 2.48. The highest BCUT2D eigenvalue weighted by molar-refractivity contribution is 6.17. The molecule has 1 aliphatic carbocycles. The van der Waals surface area contributed by atoms with E-state index >= 15 is 0 Å². The summed E-state index contributed by atoms with van der Waals surface area (Å²) in [5.74, 6) is -1.07. The van der Waals surface area contributed by atoms with E-state index in [9.17, 15) is 14.7 Å². The zero-order valence-corrected chi connectivity index (χ0v) is 10.7. The topological polar surface area (TPSA) is 54.4 Å².